The molecule has 1 heterocycles. The van der Waals surface area contributed by atoms with Crippen LogP contribution in [0.3, 0.4) is 0 Å². The standard InChI is InChI=1S/C10H17N3O2/c1-11-6-9-7-12-8-10(13-9)15-5-3-4-14-2/h7-8,11H,3-6H2,1-2H3. The van der Waals surface area contributed by atoms with Gasteiger partial charge >= 0.3 is 0 Å². The molecule has 0 unspecified atom stereocenters. The van der Waals surface area contributed by atoms with Crippen LogP contribution in [-0.4, -0.2) is 37.3 Å². The topological polar surface area (TPSA) is 56.3 Å². The van der Waals surface area contributed by atoms with Crippen molar-refractivity contribution in [3.63, 3.8) is 0 Å². The first kappa shape index (κ1) is 11.9. The Hall–Kier alpha value is -1.20. The molecule has 0 saturated heterocycles. The lowest BCUT2D eigenvalue weighted by atomic mass is 10.4. The van der Waals surface area contributed by atoms with Crippen molar-refractivity contribution in [3.8, 4) is 5.88 Å². The van der Waals surface area contributed by atoms with Crippen LogP contribution in [0.5, 0.6) is 5.88 Å². The second-order valence-electron chi connectivity index (χ2n) is 3.07. The summed E-state index contributed by atoms with van der Waals surface area (Å²) in [5.41, 5.74) is 0.877. The van der Waals surface area contributed by atoms with Crippen molar-refractivity contribution in [2.24, 2.45) is 0 Å². The van der Waals surface area contributed by atoms with Gasteiger partial charge in [-0.2, -0.15) is 0 Å². The Balaban J connectivity index is 2.36. The number of aromatic nitrogens is 2. The first-order valence-electron chi connectivity index (χ1n) is 4.94. The third-order valence-electron chi connectivity index (χ3n) is 1.76. The zero-order valence-electron chi connectivity index (χ0n) is 9.19. The quantitative estimate of drug-likeness (QED) is 0.670. The molecule has 5 nitrogen and oxygen atoms in total. The van der Waals surface area contributed by atoms with E-state index in [0.717, 1.165) is 12.1 Å². The highest BCUT2D eigenvalue weighted by Gasteiger charge is 1.98. The van der Waals surface area contributed by atoms with Gasteiger partial charge in [-0.05, 0) is 7.05 Å². The highest BCUT2D eigenvalue weighted by atomic mass is 16.5. The van der Waals surface area contributed by atoms with Crippen molar-refractivity contribution in [3.05, 3.63) is 18.1 Å². The van der Waals surface area contributed by atoms with Gasteiger partial charge in [0.25, 0.3) is 0 Å². The minimum absolute atomic E-state index is 0.568. The summed E-state index contributed by atoms with van der Waals surface area (Å²) < 4.78 is 10.3. The molecule has 0 aliphatic carbocycles. The van der Waals surface area contributed by atoms with E-state index in [-0.39, 0.29) is 0 Å². The van der Waals surface area contributed by atoms with Gasteiger partial charge in [-0.3, -0.25) is 4.98 Å². The van der Waals surface area contributed by atoms with E-state index in [1.165, 1.54) is 0 Å². The minimum Gasteiger partial charge on any atom is -0.476 e. The lowest BCUT2D eigenvalue weighted by Gasteiger charge is -2.05. The fraction of sp³-hybridized carbons (Fsp3) is 0.600. The molecule has 0 aromatic carbocycles. The zero-order valence-corrected chi connectivity index (χ0v) is 9.19. The molecule has 15 heavy (non-hydrogen) atoms. The SMILES string of the molecule is CNCc1cncc(OCCCOC)n1. The molecule has 1 aromatic heterocycles. The van der Waals surface area contributed by atoms with Gasteiger partial charge in [0, 0.05) is 32.9 Å². The van der Waals surface area contributed by atoms with E-state index in [1.807, 2.05) is 7.05 Å². The van der Waals surface area contributed by atoms with Gasteiger partial charge < -0.3 is 14.8 Å². The lowest BCUT2D eigenvalue weighted by Crippen LogP contribution is -2.09. The summed E-state index contributed by atoms with van der Waals surface area (Å²) >= 11 is 0. The lowest BCUT2D eigenvalue weighted by molar-refractivity contribution is 0.170. The molecule has 84 valence electrons. The number of ether oxygens (including phenoxy) is 2. The molecule has 1 N–H and O–H groups in total. The molecule has 5 heteroatoms. The van der Waals surface area contributed by atoms with Crippen LogP contribution in [0.1, 0.15) is 12.1 Å². The Morgan fingerprint density at radius 2 is 2.20 bits per heavy atom. The molecule has 0 saturated carbocycles. The number of hydrogen-bond acceptors (Lipinski definition) is 5. The molecule has 0 fully saturated rings. The smallest absolute Gasteiger partial charge is 0.232 e. The van der Waals surface area contributed by atoms with Crippen molar-refractivity contribution in [2.45, 2.75) is 13.0 Å². The monoisotopic (exact) mass is 211 g/mol. The summed E-state index contributed by atoms with van der Waals surface area (Å²) in [4.78, 5) is 8.32. The van der Waals surface area contributed by atoms with Crippen molar-refractivity contribution >= 4 is 0 Å². The number of methoxy groups -OCH3 is 1. The van der Waals surface area contributed by atoms with Crippen LogP contribution in [0.2, 0.25) is 0 Å². The van der Waals surface area contributed by atoms with Gasteiger partial charge in [0.05, 0.1) is 18.5 Å². The van der Waals surface area contributed by atoms with Gasteiger partial charge in [0.2, 0.25) is 5.88 Å². The average Bonchev–Trinajstić information content (AvgIpc) is 2.26. The summed E-state index contributed by atoms with van der Waals surface area (Å²) in [6.45, 7) is 2.00. The van der Waals surface area contributed by atoms with E-state index in [2.05, 4.69) is 15.3 Å². The predicted octanol–water partition coefficient (Wildman–Crippen LogP) is 0.611. The summed E-state index contributed by atoms with van der Waals surface area (Å²) in [5, 5.41) is 3.01. The summed E-state index contributed by atoms with van der Waals surface area (Å²) in [7, 11) is 3.54. The molecule has 0 aliphatic rings. The molecule has 0 radical (unpaired) electrons. The van der Waals surface area contributed by atoms with Crippen LogP contribution in [0.4, 0.5) is 0 Å². The third-order valence-corrected chi connectivity index (χ3v) is 1.76. The zero-order chi connectivity index (χ0) is 10.9. The van der Waals surface area contributed by atoms with E-state index in [4.69, 9.17) is 9.47 Å². The molecule has 0 amide bonds. The molecule has 0 bridgehead atoms. The number of nitrogens with one attached hydrogen (secondary N) is 1. The maximum absolute atomic E-state index is 5.41. The highest BCUT2D eigenvalue weighted by molar-refractivity contribution is 5.08. The van der Waals surface area contributed by atoms with E-state index >= 15 is 0 Å². The van der Waals surface area contributed by atoms with Crippen molar-refractivity contribution in [2.75, 3.05) is 27.4 Å². The second-order valence-corrected chi connectivity index (χ2v) is 3.07. The highest BCUT2D eigenvalue weighted by Crippen LogP contribution is 2.05. The van der Waals surface area contributed by atoms with Gasteiger partial charge in [0.1, 0.15) is 0 Å². The molecule has 1 aromatic rings. The maximum atomic E-state index is 5.41. The van der Waals surface area contributed by atoms with Crippen LogP contribution in [-0.2, 0) is 11.3 Å². The fourth-order valence-electron chi connectivity index (χ4n) is 1.10. The maximum Gasteiger partial charge on any atom is 0.232 e. The van der Waals surface area contributed by atoms with Gasteiger partial charge in [0.15, 0.2) is 0 Å². The Kier molecular flexibility index (Phi) is 5.65. The fourth-order valence-corrected chi connectivity index (χ4v) is 1.10. The van der Waals surface area contributed by atoms with Crippen LogP contribution >= 0.6 is 0 Å². The Bertz CT molecular complexity index is 281. The Morgan fingerprint density at radius 1 is 1.33 bits per heavy atom. The van der Waals surface area contributed by atoms with Crippen LogP contribution in [0.25, 0.3) is 0 Å². The largest absolute Gasteiger partial charge is 0.476 e. The summed E-state index contributed by atoms with van der Waals surface area (Å²) in [6.07, 6.45) is 4.19. The Labute approximate surface area is 89.8 Å². The second kappa shape index (κ2) is 7.14. The minimum atomic E-state index is 0.568. The third kappa shape index (κ3) is 4.71. The number of nitrogens with zero attached hydrogens (tertiary/aromatic N) is 2. The van der Waals surface area contributed by atoms with E-state index < -0.39 is 0 Å². The molecule has 0 atom stereocenters. The average molecular weight is 211 g/mol. The molecular weight excluding hydrogens is 194 g/mol. The number of hydrogen-bond donors (Lipinski definition) is 1. The van der Waals surface area contributed by atoms with Crippen molar-refractivity contribution in [1.82, 2.24) is 15.3 Å². The first-order chi connectivity index (χ1) is 7.36. The molecular formula is C10H17N3O2. The normalized spacial score (nSPS) is 10.3. The predicted molar refractivity (Wildman–Crippen MR) is 56.8 cm³/mol. The summed E-state index contributed by atoms with van der Waals surface area (Å²) in [5.74, 6) is 0.568. The van der Waals surface area contributed by atoms with Crippen LogP contribution in [0.15, 0.2) is 12.4 Å². The molecule has 1 rings (SSSR count). The van der Waals surface area contributed by atoms with Crippen LogP contribution in [0, 0.1) is 0 Å². The Morgan fingerprint density at radius 3 is 2.93 bits per heavy atom. The number of rotatable bonds is 7. The van der Waals surface area contributed by atoms with E-state index in [9.17, 15) is 0 Å². The van der Waals surface area contributed by atoms with E-state index in [0.29, 0.717) is 25.6 Å². The van der Waals surface area contributed by atoms with Gasteiger partial charge in [-0.15, -0.1) is 0 Å². The van der Waals surface area contributed by atoms with E-state index in [1.54, 1.807) is 19.5 Å². The van der Waals surface area contributed by atoms with Crippen molar-refractivity contribution in [1.29, 1.82) is 0 Å². The van der Waals surface area contributed by atoms with Crippen LogP contribution < -0.4 is 10.1 Å². The molecule has 0 aliphatic heterocycles. The van der Waals surface area contributed by atoms with Crippen molar-refractivity contribution < 1.29 is 9.47 Å². The first-order valence-corrected chi connectivity index (χ1v) is 4.94. The van der Waals surface area contributed by atoms with Gasteiger partial charge in [-0.1, -0.05) is 0 Å². The molecule has 0 spiro atoms. The van der Waals surface area contributed by atoms with Gasteiger partial charge in [-0.25, -0.2) is 4.98 Å². The summed E-state index contributed by atoms with van der Waals surface area (Å²) in [6, 6.07) is 0.